The second-order valence-corrected chi connectivity index (χ2v) is 7.11. The van der Waals surface area contributed by atoms with E-state index in [4.69, 9.17) is 11.6 Å². The molecule has 2 N–H and O–H groups in total. The number of carbonyl (C=O) groups excluding carboxylic acids is 1. The molecule has 1 atom stereocenters. The lowest BCUT2D eigenvalue weighted by molar-refractivity contribution is -0.123. The summed E-state index contributed by atoms with van der Waals surface area (Å²) >= 11 is 6.16. The first-order chi connectivity index (χ1) is 13.4. The maximum Gasteiger partial charge on any atom is 0.229 e. The van der Waals surface area contributed by atoms with Gasteiger partial charge in [0.05, 0.1) is 22.8 Å². The van der Waals surface area contributed by atoms with Crippen LogP contribution in [0.4, 0.5) is 14.5 Å². The van der Waals surface area contributed by atoms with Crippen molar-refractivity contribution < 1.29 is 13.6 Å². The first-order valence-corrected chi connectivity index (χ1v) is 9.12. The molecule has 0 radical (unpaired) electrons. The molecule has 1 aromatic carbocycles. The van der Waals surface area contributed by atoms with Crippen LogP contribution in [0.15, 0.2) is 48.9 Å². The Morgan fingerprint density at radius 3 is 2.82 bits per heavy atom. The van der Waals surface area contributed by atoms with Crippen molar-refractivity contribution in [2.45, 2.75) is 13.0 Å². The maximum atomic E-state index is 13.3. The SMILES string of the molecule is C=C1C(C(=O)NCc2cc(F)cc(F)c2)CCN1c1cnc2[nH]cc(Cl)c2c1. The molecule has 28 heavy (non-hydrogen) atoms. The Hall–Kier alpha value is -2.93. The van der Waals surface area contributed by atoms with E-state index in [1.165, 1.54) is 12.1 Å². The highest BCUT2D eigenvalue weighted by Gasteiger charge is 2.32. The van der Waals surface area contributed by atoms with E-state index in [0.717, 1.165) is 17.1 Å². The van der Waals surface area contributed by atoms with Gasteiger partial charge < -0.3 is 15.2 Å². The first kappa shape index (κ1) is 18.4. The Balaban J connectivity index is 1.45. The summed E-state index contributed by atoms with van der Waals surface area (Å²) in [6.45, 7) is 4.72. The molecule has 1 aliphatic heterocycles. The van der Waals surface area contributed by atoms with Crippen LogP contribution >= 0.6 is 11.6 Å². The molecule has 3 aromatic rings. The Labute approximate surface area is 165 Å². The number of halogens is 3. The summed E-state index contributed by atoms with van der Waals surface area (Å²) in [7, 11) is 0. The number of carbonyl (C=O) groups is 1. The van der Waals surface area contributed by atoms with E-state index in [1.54, 1.807) is 12.4 Å². The van der Waals surface area contributed by atoms with Crippen LogP contribution in [0.25, 0.3) is 11.0 Å². The molecule has 2 aromatic heterocycles. The molecular weight excluding hydrogens is 386 g/mol. The van der Waals surface area contributed by atoms with Crippen LogP contribution in [-0.2, 0) is 11.3 Å². The minimum Gasteiger partial charge on any atom is -0.351 e. The van der Waals surface area contributed by atoms with Gasteiger partial charge in [-0.15, -0.1) is 0 Å². The van der Waals surface area contributed by atoms with Crippen molar-refractivity contribution in [2.24, 2.45) is 5.92 Å². The molecule has 0 bridgehead atoms. The average molecular weight is 403 g/mol. The molecule has 0 saturated carbocycles. The summed E-state index contributed by atoms with van der Waals surface area (Å²) in [6, 6.07) is 5.09. The quantitative estimate of drug-likeness (QED) is 0.689. The number of nitrogens with zero attached hydrogens (tertiary/aromatic N) is 2. The van der Waals surface area contributed by atoms with Crippen LogP contribution in [0, 0.1) is 17.6 Å². The number of hydrogen-bond acceptors (Lipinski definition) is 3. The summed E-state index contributed by atoms with van der Waals surface area (Å²) in [5.41, 5.74) is 2.51. The molecule has 1 saturated heterocycles. The maximum absolute atomic E-state index is 13.3. The summed E-state index contributed by atoms with van der Waals surface area (Å²) in [5.74, 6) is -2.00. The molecule has 0 aliphatic carbocycles. The molecule has 1 aliphatic rings. The van der Waals surface area contributed by atoms with Crippen molar-refractivity contribution in [3.05, 3.63) is 71.2 Å². The Bertz CT molecular complexity index is 1060. The van der Waals surface area contributed by atoms with Crippen molar-refractivity contribution >= 4 is 34.2 Å². The Morgan fingerprint density at radius 1 is 1.32 bits per heavy atom. The van der Waals surface area contributed by atoms with Gasteiger partial charge in [-0.3, -0.25) is 4.79 Å². The van der Waals surface area contributed by atoms with Crippen molar-refractivity contribution in [2.75, 3.05) is 11.4 Å². The smallest absolute Gasteiger partial charge is 0.229 e. The fourth-order valence-corrected chi connectivity index (χ4v) is 3.67. The van der Waals surface area contributed by atoms with Crippen LogP contribution in [-0.4, -0.2) is 22.4 Å². The van der Waals surface area contributed by atoms with Gasteiger partial charge in [0.25, 0.3) is 0 Å². The number of pyridine rings is 1. The number of aromatic amines is 1. The van der Waals surface area contributed by atoms with Gasteiger partial charge in [-0.25, -0.2) is 13.8 Å². The third kappa shape index (κ3) is 3.45. The van der Waals surface area contributed by atoms with Crippen LogP contribution in [0.1, 0.15) is 12.0 Å². The van der Waals surface area contributed by atoms with Crippen molar-refractivity contribution in [1.82, 2.24) is 15.3 Å². The fraction of sp³-hybridized carbons (Fsp3) is 0.200. The van der Waals surface area contributed by atoms with Gasteiger partial charge in [-0.2, -0.15) is 0 Å². The number of amides is 1. The zero-order chi connectivity index (χ0) is 19.8. The second kappa shape index (κ2) is 7.24. The predicted octanol–water partition coefficient (Wildman–Crippen LogP) is 4.15. The summed E-state index contributed by atoms with van der Waals surface area (Å²) in [6.07, 6.45) is 3.96. The van der Waals surface area contributed by atoms with Gasteiger partial charge in [-0.1, -0.05) is 18.2 Å². The second-order valence-electron chi connectivity index (χ2n) is 6.71. The first-order valence-electron chi connectivity index (χ1n) is 8.74. The molecule has 0 spiro atoms. The van der Waals surface area contributed by atoms with Crippen LogP contribution < -0.4 is 10.2 Å². The van der Waals surface area contributed by atoms with E-state index in [1.807, 2.05) is 11.0 Å². The summed E-state index contributed by atoms with van der Waals surface area (Å²) < 4.78 is 26.6. The van der Waals surface area contributed by atoms with E-state index in [2.05, 4.69) is 21.9 Å². The van der Waals surface area contributed by atoms with Gasteiger partial charge in [-0.05, 0) is 30.2 Å². The number of fused-ring (bicyclic) bond motifs is 1. The number of nitrogens with one attached hydrogen (secondary N) is 2. The molecule has 3 heterocycles. The van der Waals surface area contributed by atoms with Crippen LogP contribution in [0.3, 0.4) is 0 Å². The normalized spacial score (nSPS) is 16.8. The molecule has 144 valence electrons. The molecular formula is C20H17ClF2N4O. The number of rotatable bonds is 4. The molecule has 1 fully saturated rings. The van der Waals surface area contributed by atoms with Crippen molar-refractivity contribution in [3.63, 3.8) is 0 Å². The average Bonchev–Trinajstić information content (AvgIpc) is 3.22. The topological polar surface area (TPSA) is 61.0 Å². The highest BCUT2D eigenvalue weighted by Crippen LogP contribution is 2.34. The van der Waals surface area contributed by atoms with E-state index in [0.29, 0.717) is 34.9 Å². The summed E-state index contributed by atoms with van der Waals surface area (Å²) in [5, 5.41) is 4.10. The lowest BCUT2D eigenvalue weighted by Gasteiger charge is -2.21. The minimum absolute atomic E-state index is 0.0454. The van der Waals surface area contributed by atoms with Crippen LogP contribution in [0.2, 0.25) is 5.02 Å². The highest BCUT2D eigenvalue weighted by molar-refractivity contribution is 6.35. The van der Waals surface area contributed by atoms with Crippen molar-refractivity contribution in [1.29, 1.82) is 0 Å². The van der Waals surface area contributed by atoms with Crippen molar-refractivity contribution in [3.8, 4) is 0 Å². The van der Waals surface area contributed by atoms with Gasteiger partial charge in [0.1, 0.15) is 17.3 Å². The van der Waals surface area contributed by atoms with Gasteiger partial charge >= 0.3 is 0 Å². The standard InChI is InChI=1S/C20H17ClF2N4O/c1-11-16(20(28)26-8-12-4-13(22)6-14(23)5-12)2-3-27(11)15-7-17-18(21)10-25-19(17)24-9-15/h4-7,9-10,16H,1-3,8H2,(H,24,25)(H,26,28). The Morgan fingerprint density at radius 2 is 2.07 bits per heavy atom. The largest absolute Gasteiger partial charge is 0.351 e. The fourth-order valence-electron chi connectivity index (χ4n) is 3.47. The highest BCUT2D eigenvalue weighted by atomic mass is 35.5. The molecule has 1 amide bonds. The molecule has 8 heteroatoms. The van der Waals surface area contributed by atoms with Crippen LogP contribution in [0.5, 0.6) is 0 Å². The van der Waals surface area contributed by atoms with E-state index in [-0.39, 0.29) is 12.5 Å². The van der Waals surface area contributed by atoms with E-state index < -0.39 is 17.6 Å². The lowest BCUT2D eigenvalue weighted by atomic mass is 10.1. The predicted molar refractivity (Wildman–Crippen MR) is 104 cm³/mol. The third-order valence-electron chi connectivity index (χ3n) is 4.87. The van der Waals surface area contributed by atoms with E-state index in [9.17, 15) is 13.6 Å². The Kier molecular flexibility index (Phi) is 4.77. The number of benzene rings is 1. The number of aromatic nitrogens is 2. The molecule has 5 nitrogen and oxygen atoms in total. The number of H-pyrrole nitrogens is 1. The molecule has 1 unspecified atom stereocenters. The third-order valence-corrected chi connectivity index (χ3v) is 5.19. The molecule has 4 rings (SSSR count). The van der Waals surface area contributed by atoms with Gasteiger partial charge in [0, 0.05) is 36.4 Å². The monoisotopic (exact) mass is 402 g/mol. The zero-order valence-corrected chi connectivity index (χ0v) is 15.6. The number of hydrogen-bond donors (Lipinski definition) is 2. The summed E-state index contributed by atoms with van der Waals surface area (Å²) in [4.78, 5) is 21.8. The van der Waals surface area contributed by atoms with Gasteiger partial charge in [0.15, 0.2) is 0 Å². The van der Waals surface area contributed by atoms with Gasteiger partial charge in [0.2, 0.25) is 5.91 Å². The van der Waals surface area contributed by atoms with E-state index >= 15 is 0 Å². The number of anilines is 1. The zero-order valence-electron chi connectivity index (χ0n) is 14.8. The lowest BCUT2D eigenvalue weighted by Crippen LogP contribution is -2.31. The minimum atomic E-state index is -0.674.